The highest BCUT2D eigenvalue weighted by Gasteiger charge is 2.26. The molecule has 20 heavy (non-hydrogen) atoms. The van der Waals surface area contributed by atoms with Crippen LogP contribution in [0.2, 0.25) is 0 Å². The molecule has 0 aliphatic carbocycles. The topological polar surface area (TPSA) is 48.5 Å². The highest BCUT2D eigenvalue weighted by atomic mass is 16.1. The molecule has 0 aromatic carbocycles. The Bertz CT molecular complexity index is 473. The fourth-order valence-electron chi connectivity index (χ4n) is 2.57. The number of carbonyl (C=O) groups excluding carboxylic acids is 1. The van der Waals surface area contributed by atoms with Gasteiger partial charge in [0.1, 0.15) is 5.82 Å². The molecule has 5 nitrogen and oxygen atoms in total. The first-order valence-corrected chi connectivity index (χ1v) is 7.16. The second-order valence-electron chi connectivity index (χ2n) is 5.82. The summed E-state index contributed by atoms with van der Waals surface area (Å²) in [7, 11) is 3.80. The average molecular weight is 276 g/mol. The highest BCUT2D eigenvalue weighted by molar-refractivity contribution is 5.99. The van der Waals surface area contributed by atoms with Gasteiger partial charge in [-0.1, -0.05) is 0 Å². The molecule has 1 amide bonds. The summed E-state index contributed by atoms with van der Waals surface area (Å²) in [5.41, 5.74) is 0.639. The van der Waals surface area contributed by atoms with E-state index in [1.807, 2.05) is 25.1 Å². The highest BCUT2D eigenvalue weighted by Crippen LogP contribution is 2.17. The minimum Gasteiger partial charge on any atom is -0.362 e. The van der Waals surface area contributed by atoms with Crippen molar-refractivity contribution in [2.75, 3.05) is 32.1 Å². The maximum Gasteiger partial charge on any atom is 0.255 e. The van der Waals surface area contributed by atoms with Crippen LogP contribution in [0.3, 0.4) is 0 Å². The molecule has 1 atom stereocenters. The van der Waals surface area contributed by atoms with E-state index >= 15 is 0 Å². The number of rotatable bonds is 4. The van der Waals surface area contributed by atoms with Crippen molar-refractivity contribution < 1.29 is 4.79 Å². The molecular weight excluding hydrogens is 252 g/mol. The largest absolute Gasteiger partial charge is 0.362 e. The Labute approximate surface area is 121 Å². The van der Waals surface area contributed by atoms with Gasteiger partial charge < -0.3 is 10.2 Å². The van der Waals surface area contributed by atoms with Gasteiger partial charge in [-0.05, 0) is 32.4 Å². The van der Waals surface area contributed by atoms with Crippen LogP contribution >= 0.6 is 0 Å². The summed E-state index contributed by atoms with van der Waals surface area (Å²) in [5, 5.41) is 3.13. The van der Waals surface area contributed by atoms with Crippen molar-refractivity contribution >= 4 is 11.7 Å². The second kappa shape index (κ2) is 6.22. The van der Waals surface area contributed by atoms with Crippen molar-refractivity contribution in [3.8, 4) is 0 Å². The van der Waals surface area contributed by atoms with Crippen LogP contribution in [0.5, 0.6) is 0 Å². The van der Waals surface area contributed by atoms with Gasteiger partial charge in [0.2, 0.25) is 0 Å². The minimum atomic E-state index is -0.0302. The van der Waals surface area contributed by atoms with Gasteiger partial charge in [-0.25, -0.2) is 4.98 Å². The zero-order valence-corrected chi connectivity index (χ0v) is 12.8. The smallest absolute Gasteiger partial charge is 0.255 e. The van der Waals surface area contributed by atoms with Crippen molar-refractivity contribution in [2.45, 2.75) is 32.4 Å². The molecule has 0 radical (unpaired) electrons. The van der Waals surface area contributed by atoms with E-state index in [0.717, 1.165) is 19.5 Å². The molecule has 1 aliphatic rings. The van der Waals surface area contributed by atoms with Crippen LogP contribution in [0.4, 0.5) is 5.82 Å². The number of nitrogens with one attached hydrogen (secondary N) is 1. The third kappa shape index (κ3) is 3.28. The number of nitrogens with zero attached hydrogens (tertiary/aromatic N) is 3. The number of hydrogen-bond acceptors (Lipinski definition) is 4. The van der Waals surface area contributed by atoms with Crippen LogP contribution < -0.4 is 10.2 Å². The van der Waals surface area contributed by atoms with E-state index < -0.39 is 0 Å². The molecule has 1 aliphatic heterocycles. The van der Waals surface area contributed by atoms with Crippen molar-refractivity contribution in [3.05, 3.63) is 23.9 Å². The van der Waals surface area contributed by atoms with Gasteiger partial charge in [0, 0.05) is 45.5 Å². The molecule has 1 aromatic heterocycles. The van der Waals surface area contributed by atoms with Crippen LogP contribution in [0, 0.1) is 0 Å². The lowest BCUT2D eigenvalue weighted by atomic mass is 10.2. The van der Waals surface area contributed by atoms with Crippen LogP contribution in [0.25, 0.3) is 0 Å². The molecule has 1 aromatic rings. The zero-order chi connectivity index (χ0) is 14.7. The van der Waals surface area contributed by atoms with Crippen LogP contribution in [0.15, 0.2) is 18.3 Å². The fraction of sp³-hybridized carbons (Fsp3) is 0.600. The van der Waals surface area contributed by atoms with E-state index in [4.69, 9.17) is 0 Å². The SMILES string of the molecule is CC(C)N1CC[C@@H](NC(=O)c2cccnc2N(C)C)C1. The van der Waals surface area contributed by atoms with E-state index in [-0.39, 0.29) is 11.9 Å². The summed E-state index contributed by atoms with van der Waals surface area (Å²) in [5.74, 6) is 0.682. The Morgan fingerprint density at radius 2 is 2.25 bits per heavy atom. The molecule has 2 heterocycles. The molecular formula is C15H24N4O. The number of aromatic nitrogens is 1. The Morgan fingerprint density at radius 3 is 2.85 bits per heavy atom. The van der Waals surface area contributed by atoms with Gasteiger partial charge in [-0.2, -0.15) is 0 Å². The van der Waals surface area contributed by atoms with Gasteiger partial charge in [-0.3, -0.25) is 9.69 Å². The van der Waals surface area contributed by atoms with Gasteiger partial charge in [0.15, 0.2) is 0 Å². The monoisotopic (exact) mass is 276 g/mol. The molecule has 0 spiro atoms. The molecule has 5 heteroatoms. The quantitative estimate of drug-likeness (QED) is 0.902. The lowest BCUT2D eigenvalue weighted by Gasteiger charge is -2.21. The minimum absolute atomic E-state index is 0.0302. The molecule has 2 rings (SSSR count). The summed E-state index contributed by atoms with van der Waals surface area (Å²) >= 11 is 0. The summed E-state index contributed by atoms with van der Waals surface area (Å²) in [4.78, 5) is 20.9. The third-order valence-corrected chi connectivity index (χ3v) is 3.74. The summed E-state index contributed by atoms with van der Waals surface area (Å²) in [6.45, 7) is 6.36. The predicted octanol–water partition coefficient (Wildman–Crippen LogP) is 1.36. The predicted molar refractivity (Wildman–Crippen MR) is 81.1 cm³/mol. The lowest BCUT2D eigenvalue weighted by molar-refractivity contribution is 0.0937. The number of carbonyl (C=O) groups is 1. The van der Waals surface area contributed by atoms with E-state index in [9.17, 15) is 4.79 Å². The molecule has 0 saturated carbocycles. The third-order valence-electron chi connectivity index (χ3n) is 3.74. The lowest BCUT2D eigenvalue weighted by Crippen LogP contribution is -2.39. The molecule has 1 fully saturated rings. The molecule has 0 bridgehead atoms. The number of pyridine rings is 1. The number of amides is 1. The van der Waals surface area contributed by atoms with Crippen LogP contribution in [-0.4, -0.2) is 55.1 Å². The van der Waals surface area contributed by atoms with Gasteiger partial charge in [0.05, 0.1) is 5.56 Å². The maximum atomic E-state index is 12.4. The second-order valence-corrected chi connectivity index (χ2v) is 5.82. The van der Waals surface area contributed by atoms with Crippen LogP contribution in [-0.2, 0) is 0 Å². The van der Waals surface area contributed by atoms with Gasteiger partial charge in [-0.15, -0.1) is 0 Å². The van der Waals surface area contributed by atoms with Crippen molar-refractivity contribution in [3.63, 3.8) is 0 Å². The first kappa shape index (κ1) is 14.8. The van der Waals surface area contributed by atoms with E-state index in [0.29, 0.717) is 17.4 Å². The Kier molecular flexibility index (Phi) is 4.60. The molecule has 110 valence electrons. The van der Waals surface area contributed by atoms with Crippen LogP contribution in [0.1, 0.15) is 30.6 Å². The number of likely N-dealkylation sites (tertiary alicyclic amines) is 1. The van der Waals surface area contributed by atoms with E-state index in [1.54, 1.807) is 12.3 Å². The standard InChI is InChI=1S/C15H24N4O/c1-11(2)19-9-7-12(10-19)17-15(20)13-6-5-8-16-14(13)18(3)4/h5-6,8,11-12H,7,9-10H2,1-4H3,(H,17,20)/t12-/m1/s1. The van der Waals surface area contributed by atoms with Crippen molar-refractivity contribution in [2.24, 2.45) is 0 Å². The maximum absolute atomic E-state index is 12.4. The number of anilines is 1. The zero-order valence-electron chi connectivity index (χ0n) is 12.8. The first-order chi connectivity index (χ1) is 9.49. The molecule has 1 N–H and O–H groups in total. The first-order valence-electron chi connectivity index (χ1n) is 7.16. The van der Waals surface area contributed by atoms with E-state index in [1.165, 1.54) is 0 Å². The Balaban J connectivity index is 2.03. The fourth-order valence-corrected chi connectivity index (χ4v) is 2.57. The van der Waals surface area contributed by atoms with Crippen molar-refractivity contribution in [1.29, 1.82) is 0 Å². The molecule has 1 saturated heterocycles. The van der Waals surface area contributed by atoms with Gasteiger partial charge in [0.25, 0.3) is 5.91 Å². The Hall–Kier alpha value is -1.62. The summed E-state index contributed by atoms with van der Waals surface area (Å²) < 4.78 is 0. The average Bonchev–Trinajstić information content (AvgIpc) is 2.87. The normalized spacial score (nSPS) is 19.4. The summed E-state index contributed by atoms with van der Waals surface area (Å²) in [6, 6.07) is 4.40. The number of hydrogen-bond donors (Lipinski definition) is 1. The molecule has 0 unspecified atom stereocenters. The van der Waals surface area contributed by atoms with Gasteiger partial charge >= 0.3 is 0 Å². The van der Waals surface area contributed by atoms with E-state index in [2.05, 4.69) is 29.0 Å². The summed E-state index contributed by atoms with van der Waals surface area (Å²) in [6.07, 6.45) is 2.73. The Morgan fingerprint density at radius 1 is 1.50 bits per heavy atom. The van der Waals surface area contributed by atoms with Crippen molar-refractivity contribution in [1.82, 2.24) is 15.2 Å².